The molecule has 6 heteroatoms. The number of hydrogen-bond acceptors (Lipinski definition) is 5. The van der Waals surface area contributed by atoms with Crippen LogP contribution in [0.15, 0.2) is 0 Å². The first-order valence-corrected chi connectivity index (χ1v) is 8.10. The van der Waals surface area contributed by atoms with Crippen molar-refractivity contribution in [1.29, 1.82) is 0 Å². The fourth-order valence-corrected chi connectivity index (χ4v) is 3.58. The molecule has 1 aromatic rings. The van der Waals surface area contributed by atoms with Gasteiger partial charge < -0.3 is 10.1 Å². The zero-order chi connectivity index (χ0) is 15.1. The van der Waals surface area contributed by atoms with Gasteiger partial charge in [0.1, 0.15) is 0 Å². The van der Waals surface area contributed by atoms with Crippen LogP contribution in [-0.2, 0) is 17.8 Å². The van der Waals surface area contributed by atoms with E-state index < -0.39 is 0 Å². The van der Waals surface area contributed by atoms with Crippen molar-refractivity contribution in [3.63, 3.8) is 0 Å². The molecule has 1 fully saturated rings. The maximum atomic E-state index is 5.04. The summed E-state index contributed by atoms with van der Waals surface area (Å²) in [6, 6.07) is 0. The second-order valence-electron chi connectivity index (χ2n) is 6.73. The lowest BCUT2D eigenvalue weighted by molar-refractivity contribution is 0.183. The van der Waals surface area contributed by atoms with Crippen LogP contribution in [0, 0.1) is 11.3 Å². The van der Waals surface area contributed by atoms with E-state index in [0.29, 0.717) is 18.6 Å². The molecule has 1 aliphatic carbocycles. The van der Waals surface area contributed by atoms with Gasteiger partial charge in [0.05, 0.1) is 19.7 Å². The van der Waals surface area contributed by atoms with E-state index in [-0.39, 0.29) is 0 Å². The van der Waals surface area contributed by atoms with Crippen molar-refractivity contribution in [2.75, 3.05) is 20.3 Å². The second-order valence-corrected chi connectivity index (χ2v) is 6.73. The van der Waals surface area contributed by atoms with E-state index in [0.717, 1.165) is 24.8 Å². The minimum atomic E-state index is 0.394. The van der Waals surface area contributed by atoms with Crippen molar-refractivity contribution in [1.82, 2.24) is 25.5 Å². The number of tetrazole rings is 1. The van der Waals surface area contributed by atoms with Crippen molar-refractivity contribution in [2.24, 2.45) is 11.3 Å². The maximum absolute atomic E-state index is 5.04. The van der Waals surface area contributed by atoms with Crippen LogP contribution < -0.4 is 5.32 Å². The highest BCUT2D eigenvalue weighted by atomic mass is 16.5. The van der Waals surface area contributed by atoms with Crippen molar-refractivity contribution in [3.05, 3.63) is 5.82 Å². The van der Waals surface area contributed by atoms with Crippen LogP contribution in [0.3, 0.4) is 0 Å². The van der Waals surface area contributed by atoms with E-state index in [4.69, 9.17) is 4.74 Å². The molecule has 0 bridgehead atoms. The zero-order valence-electron chi connectivity index (χ0n) is 13.6. The third-order valence-corrected chi connectivity index (χ3v) is 4.36. The molecular formula is C15H29N5O. The lowest BCUT2D eigenvalue weighted by atomic mass is 9.78. The van der Waals surface area contributed by atoms with Gasteiger partial charge >= 0.3 is 0 Å². The number of ether oxygens (including phenoxy) is 1. The SMILES string of the molecule is COCCNCc1nnnn1CC1(CC(C)C)CCCC1. The molecule has 0 unspecified atom stereocenters. The van der Waals surface area contributed by atoms with E-state index in [1.54, 1.807) is 7.11 Å². The predicted octanol–water partition coefficient (Wildman–Crippen LogP) is 2.02. The Morgan fingerprint density at radius 1 is 1.33 bits per heavy atom. The Morgan fingerprint density at radius 2 is 2.10 bits per heavy atom. The molecule has 0 amide bonds. The average molecular weight is 295 g/mol. The molecule has 0 saturated heterocycles. The van der Waals surface area contributed by atoms with Crippen LogP contribution >= 0.6 is 0 Å². The highest BCUT2D eigenvalue weighted by Crippen LogP contribution is 2.44. The van der Waals surface area contributed by atoms with Gasteiger partial charge in [-0.2, -0.15) is 0 Å². The van der Waals surface area contributed by atoms with E-state index in [9.17, 15) is 0 Å². The second kappa shape index (κ2) is 7.84. The lowest BCUT2D eigenvalue weighted by Gasteiger charge is -2.30. The first-order chi connectivity index (χ1) is 10.2. The minimum Gasteiger partial charge on any atom is -0.383 e. The predicted molar refractivity (Wildman–Crippen MR) is 81.8 cm³/mol. The van der Waals surface area contributed by atoms with Gasteiger partial charge in [0.15, 0.2) is 5.82 Å². The Balaban J connectivity index is 1.96. The molecule has 1 N–H and O–H groups in total. The first-order valence-electron chi connectivity index (χ1n) is 8.10. The molecule has 1 aromatic heterocycles. The van der Waals surface area contributed by atoms with Crippen molar-refractivity contribution in [3.8, 4) is 0 Å². The van der Waals surface area contributed by atoms with Gasteiger partial charge in [0.25, 0.3) is 0 Å². The number of methoxy groups -OCH3 is 1. The summed E-state index contributed by atoms with van der Waals surface area (Å²) in [5.41, 5.74) is 0.394. The minimum absolute atomic E-state index is 0.394. The molecule has 1 saturated carbocycles. The molecule has 0 spiro atoms. The molecule has 0 aromatic carbocycles. The van der Waals surface area contributed by atoms with Crippen molar-refractivity contribution >= 4 is 0 Å². The summed E-state index contributed by atoms with van der Waals surface area (Å²) in [4.78, 5) is 0. The van der Waals surface area contributed by atoms with Gasteiger partial charge in [-0.25, -0.2) is 4.68 Å². The monoisotopic (exact) mass is 295 g/mol. The standard InChI is InChI=1S/C15H29N5O/c1-13(2)10-15(6-4-5-7-15)12-20-14(17-18-19-20)11-16-8-9-21-3/h13,16H,4-12H2,1-3H3. The van der Waals surface area contributed by atoms with E-state index in [1.165, 1.54) is 32.1 Å². The summed E-state index contributed by atoms with van der Waals surface area (Å²) in [6.45, 7) is 7.81. The summed E-state index contributed by atoms with van der Waals surface area (Å²) in [7, 11) is 1.71. The van der Waals surface area contributed by atoms with Crippen molar-refractivity contribution < 1.29 is 4.74 Å². The molecular weight excluding hydrogens is 266 g/mol. The van der Waals surface area contributed by atoms with E-state index >= 15 is 0 Å². The molecule has 120 valence electrons. The number of rotatable bonds is 9. The van der Waals surface area contributed by atoms with Gasteiger partial charge in [-0.15, -0.1) is 5.10 Å². The molecule has 0 atom stereocenters. The quantitative estimate of drug-likeness (QED) is 0.706. The highest BCUT2D eigenvalue weighted by molar-refractivity contribution is 4.89. The van der Waals surface area contributed by atoms with Crippen LogP contribution in [0.25, 0.3) is 0 Å². The molecule has 21 heavy (non-hydrogen) atoms. The van der Waals surface area contributed by atoms with Gasteiger partial charge in [-0.05, 0) is 41.0 Å². The van der Waals surface area contributed by atoms with Crippen LogP contribution in [0.5, 0.6) is 0 Å². The normalized spacial score (nSPS) is 17.7. The van der Waals surface area contributed by atoms with Gasteiger partial charge in [0.2, 0.25) is 0 Å². The summed E-state index contributed by atoms with van der Waals surface area (Å²) in [6.07, 6.45) is 6.57. The number of aromatic nitrogens is 4. The van der Waals surface area contributed by atoms with Crippen LogP contribution in [0.1, 0.15) is 51.8 Å². The molecule has 1 heterocycles. The smallest absolute Gasteiger partial charge is 0.165 e. The lowest BCUT2D eigenvalue weighted by Crippen LogP contribution is -2.29. The summed E-state index contributed by atoms with van der Waals surface area (Å²) in [5.74, 6) is 1.66. The third kappa shape index (κ3) is 4.74. The van der Waals surface area contributed by atoms with Gasteiger partial charge in [0, 0.05) is 13.7 Å². The number of nitrogens with one attached hydrogen (secondary N) is 1. The van der Waals surface area contributed by atoms with E-state index in [2.05, 4.69) is 34.7 Å². The Hall–Kier alpha value is -1.01. The molecule has 0 radical (unpaired) electrons. The maximum Gasteiger partial charge on any atom is 0.165 e. The van der Waals surface area contributed by atoms with E-state index in [1.807, 2.05) is 4.68 Å². The third-order valence-electron chi connectivity index (χ3n) is 4.36. The zero-order valence-corrected chi connectivity index (χ0v) is 13.6. The van der Waals surface area contributed by atoms with Crippen LogP contribution in [-0.4, -0.2) is 40.5 Å². The Labute approximate surface area is 127 Å². The van der Waals surface area contributed by atoms with Crippen molar-refractivity contribution in [2.45, 2.75) is 59.0 Å². The summed E-state index contributed by atoms with van der Waals surface area (Å²) in [5, 5.41) is 15.6. The molecule has 1 aliphatic rings. The average Bonchev–Trinajstić information content (AvgIpc) is 3.05. The first kappa shape index (κ1) is 16.4. The Morgan fingerprint density at radius 3 is 2.76 bits per heavy atom. The Kier molecular flexibility index (Phi) is 6.11. The molecule has 2 rings (SSSR count). The van der Waals surface area contributed by atoms with Crippen LogP contribution in [0.4, 0.5) is 0 Å². The fraction of sp³-hybridized carbons (Fsp3) is 0.933. The summed E-state index contributed by atoms with van der Waals surface area (Å²) >= 11 is 0. The largest absolute Gasteiger partial charge is 0.383 e. The van der Waals surface area contributed by atoms with Gasteiger partial charge in [-0.1, -0.05) is 26.7 Å². The molecule has 6 nitrogen and oxygen atoms in total. The fourth-order valence-electron chi connectivity index (χ4n) is 3.58. The number of hydrogen-bond donors (Lipinski definition) is 1. The highest BCUT2D eigenvalue weighted by Gasteiger charge is 2.35. The van der Waals surface area contributed by atoms with Crippen LogP contribution in [0.2, 0.25) is 0 Å². The van der Waals surface area contributed by atoms with Gasteiger partial charge in [-0.3, -0.25) is 0 Å². The molecule has 0 aliphatic heterocycles. The topological polar surface area (TPSA) is 64.9 Å². The number of nitrogens with zero attached hydrogens (tertiary/aromatic N) is 4. The summed E-state index contributed by atoms with van der Waals surface area (Å²) < 4.78 is 7.05. The Bertz CT molecular complexity index is 412.